The van der Waals surface area contributed by atoms with Gasteiger partial charge in [-0.2, -0.15) is 0 Å². The molecule has 116 valence electrons. The molecule has 0 aromatic heterocycles. The highest BCUT2D eigenvalue weighted by Crippen LogP contribution is 2.25. The van der Waals surface area contributed by atoms with Gasteiger partial charge in [0.2, 0.25) is 0 Å². The first-order valence-corrected chi connectivity index (χ1v) is 8.22. The fourth-order valence-corrected chi connectivity index (χ4v) is 2.63. The zero-order valence-corrected chi connectivity index (χ0v) is 14.2. The standard InChI is InChI=1S/C17H23BrO3/c1-4-6-7-11-17-16(20-13(3)19)12-9-8-10-15(21-17)14(18)5-2/h1,6-9,14-17H,5,10-12H2,2-3H3. The van der Waals surface area contributed by atoms with Gasteiger partial charge in [-0.25, -0.2) is 0 Å². The first-order valence-electron chi connectivity index (χ1n) is 7.31. The predicted molar refractivity (Wildman–Crippen MR) is 88.2 cm³/mol. The van der Waals surface area contributed by atoms with Gasteiger partial charge in [-0.1, -0.05) is 47.0 Å². The fraction of sp³-hybridized carbons (Fsp3) is 0.588. The molecule has 0 saturated carbocycles. The van der Waals surface area contributed by atoms with Crippen molar-refractivity contribution in [1.82, 2.24) is 0 Å². The highest BCUT2D eigenvalue weighted by atomic mass is 79.9. The Hall–Kier alpha value is -1.05. The summed E-state index contributed by atoms with van der Waals surface area (Å²) >= 11 is 3.66. The van der Waals surface area contributed by atoms with Crippen LogP contribution in [0.5, 0.6) is 0 Å². The van der Waals surface area contributed by atoms with E-state index in [4.69, 9.17) is 15.9 Å². The Morgan fingerprint density at radius 3 is 2.90 bits per heavy atom. The second kappa shape index (κ2) is 9.81. The number of allylic oxidation sites excluding steroid dienone is 1. The van der Waals surface area contributed by atoms with E-state index in [1.54, 1.807) is 6.08 Å². The van der Waals surface area contributed by atoms with Gasteiger partial charge in [-0.15, -0.1) is 6.42 Å². The van der Waals surface area contributed by atoms with E-state index in [1.165, 1.54) is 6.92 Å². The van der Waals surface area contributed by atoms with Crippen molar-refractivity contribution in [3.63, 3.8) is 0 Å². The lowest BCUT2D eigenvalue weighted by molar-refractivity contribution is -0.158. The molecule has 0 N–H and O–H groups in total. The average Bonchev–Trinajstić information content (AvgIpc) is 2.44. The normalized spacial score (nSPS) is 27.6. The fourth-order valence-electron chi connectivity index (χ4n) is 2.29. The van der Waals surface area contributed by atoms with Crippen molar-refractivity contribution in [1.29, 1.82) is 0 Å². The maximum Gasteiger partial charge on any atom is 0.303 e. The molecule has 0 aromatic carbocycles. The van der Waals surface area contributed by atoms with Crippen molar-refractivity contribution in [3.8, 4) is 12.3 Å². The lowest BCUT2D eigenvalue weighted by Crippen LogP contribution is -2.39. The second-order valence-corrected chi connectivity index (χ2v) is 6.21. The molecular weight excluding hydrogens is 332 g/mol. The number of rotatable bonds is 5. The SMILES string of the molecule is C#CC=CCC1OC(C(Br)CC)CC=CCC1OC(C)=O. The number of esters is 1. The molecule has 0 radical (unpaired) electrons. The molecule has 1 rings (SSSR count). The van der Waals surface area contributed by atoms with Gasteiger partial charge < -0.3 is 9.47 Å². The second-order valence-electron chi connectivity index (χ2n) is 5.03. The molecule has 0 amide bonds. The summed E-state index contributed by atoms with van der Waals surface area (Å²) in [5, 5.41) is 0. The van der Waals surface area contributed by atoms with Crippen molar-refractivity contribution < 1.29 is 14.3 Å². The van der Waals surface area contributed by atoms with Crippen LogP contribution in [0.3, 0.4) is 0 Å². The van der Waals surface area contributed by atoms with Crippen LogP contribution in [0.15, 0.2) is 24.3 Å². The van der Waals surface area contributed by atoms with Crippen LogP contribution < -0.4 is 0 Å². The average molecular weight is 355 g/mol. The summed E-state index contributed by atoms with van der Waals surface area (Å²) in [5.41, 5.74) is 0. The van der Waals surface area contributed by atoms with E-state index < -0.39 is 0 Å². The lowest BCUT2D eigenvalue weighted by Gasteiger charge is -2.32. The van der Waals surface area contributed by atoms with E-state index in [0.717, 1.165) is 12.8 Å². The third-order valence-electron chi connectivity index (χ3n) is 3.36. The van der Waals surface area contributed by atoms with Crippen LogP contribution in [-0.2, 0) is 14.3 Å². The number of hydrogen-bond donors (Lipinski definition) is 0. The smallest absolute Gasteiger partial charge is 0.303 e. The molecule has 0 aliphatic carbocycles. The van der Waals surface area contributed by atoms with Gasteiger partial charge in [0.25, 0.3) is 0 Å². The molecule has 0 bridgehead atoms. The molecule has 4 atom stereocenters. The van der Waals surface area contributed by atoms with E-state index in [0.29, 0.717) is 12.8 Å². The van der Waals surface area contributed by atoms with Crippen LogP contribution in [0, 0.1) is 12.3 Å². The first-order chi connectivity index (χ1) is 10.1. The van der Waals surface area contributed by atoms with Gasteiger partial charge in [-0.3, -0.25) is 4.79 Å². The topological polar surface area (TPSA) is 35.5 Å². The number of carbonyl (C=O) groups excluding carboxylic acids is 1. The maximum absolute atomic E-state index is 11.3. The molecule has 0 fully saturated rings. The summed E-state index contributed by atoms with van der Waals surface area (Å²) in [4.78, 5) is 11.6. The van der Waals surface area contributed by atoms with Crippen LogP contribution in [0.2, 0.25) is 0 Å². The molecule has 1 heterocycles. The van der Waals surface area contributed by atoms with Crippen molar-refractivity contribution in [2.45, 2.75) is 62.7 Å². The largest absolute Gasteiger partial charge is 0.459 e. The Kier molecular flexibility index (Phi) is 8.41. The molecule has 0 aromatic rings. The van der Waals surface area contributed by atoms with Crippen molar-refractivity contribution in [2.75, 3.05) is 0 Å². The summed E-state index contributed by atoms with van der Waals surface area (Å²) in [6.07, 6.45) is 15.7. The Morgan fingerprint density at radius 2 is 2.29 bits per heavy atom. The first kappa shape index (κ1) is 18.0. The number of hydrogen-bond acceptors (Lipinski definition) is 3. The molecule has 0 spiro atoms. The number of carbonyl (C=O) groups is 1. The van der Waals surface area contributed by atoms with Gasteiger partial charge in [0.1, 0.15) is 6.10 Å². The van der Waals surface area contributed by atoms with E-state index in [2.05, 4.69) is 40.9 Å². The van der Waals surface area contributed by atoms with E-state index in [-0.39, 0.29) is 29.1 Å². The molecule has 1 aliphatic heterocycles. The summed E-state index contributed by atoms with van der Waals surface area (Å²) in [5.74, 6) is 2.18. The van der Waals surface area contributed by atoms with Crippen LogP contribution in [-0.4, -0.2) is 29.1 Å². The molecule has 21 heavy (non-hydrogen) atoms. The highest BCUT2D eigenvalue weighted by molar-refractivity contribution is 9.09. The van der Waals surface area contributed by atoms with Gasteiger partial charge in [0.15, 0.2) is 0 Å². The van der Waals surface area contributed by atoms with E-state index >= 15 is 0 Å². The third kappa shape index (κ3) is 6.50. The Labute approximate surface area is 135 Å². The summed E-state index contributed by atoms with van der Waals surface area (Å²) in [6, 6.07) is 0. The van der Waals surface area contributed by atoms with Crippen LogP contribution >= 0.6 is 15.9 Å². The van der Waals surface area contributed by atoms with Crippen molar-refractivity contribution >= 4 is 21.9 Å². The minimum atomic E-state index is -0.286. The van der Waals surface area contributed by atoms with E-state index in [1.807, 2.05) is 6.08 Å². The summed E-state index contributed by atoms with van der Waals surface area (Å²) in [7, 11) is 0. The Balaban J connectivity index is 2.86. The molecular formula is C17H23BrO3. The number of alkyl halides is 1. The Bertz CT molecular complexity index is 422. The molecule has 4 unspecified atom stereocenters. The quantitative estimate of drug-likeness (QED) is 0.326. The third-order valence-corrected chi connectivity index (χ3v) is 4.60. The number of halogens is 1. The van der Waals surface area contributed by atoms with Crippen LogP contribution in [0.25, 0.3) is 0 Å². The zero-order chi connectivity index (χ0) is 15.7. The van der Waals surface area contributed by atoms with Crippen LogP contribution in [0.1, 0.15) is 39.5 Å². The minimum Gasteiger partial charge on any atom is -0.459 e. The van der Waals surface area contributed by atoms with Crippen molar-refractivity contribution in [2.24, 2.45) is 0 Å². The number of ether oxygens (including phenoxy) is 2. The number of terminal acetylenes is 1. The monoisotopic (exact) mass is 354 g/mol. The highest BCUT2D eigenvalue weighted by Gasteiger charge is 2.29. The van der Waals surface area contributed by atoms with Gasteiger partial charge >= 0.3 is 5.97 Å². The van der Waals surface area contributed by atoms with Crippen LogP contribution in [0.4, 0.5) is 0 Å². The molecule has 0 saturated heterocycles. The van der Waals surface area contributed by atoms with Gasteiger partial charge in [0, 0.05) is 18.2 Å². The molecule has 4 heteroatoms. The summed E-state index contributed by atoms with van der Waals surface area (Å²) < 4.78 is 11.6. The Morgan fingerprint density at radius 1 is 1.57 bits per heavy atom. The predicted octanol–water partition coefficient (Wildman–Crippen LogP) is 3.77. The van der Waals surface area contributed by atoms with Gasteiger partial charge in [-0.05, 0) is 25.3 Å². The minimum absolute atomic E-state index is 0.0637. The molecule has 1 aliphatic rings. The lowest BCUT2D eigenvalue weighted by atomic mass is 10.0. The zero-order valence-electron chi connectivity index (χ0n) is 12.6. The van der Waals surface area contributed by atoms with E-state index in [9.17, 15) is 4.79 Å². The summed E-state index contributed by atoms with van der Waals surface area (Å²) in [6.45, 7) is 3.54. The van der Waals surface area contributed by atoms with Gasteiger partial charge in [0.05, 0.1) is 12.2 Å². The maximum atomic E-state index is 11.3. The van der Waals surface area contributed by atoms with Crippen molar-refractivity contribution in [3.05, 3.63) is 24.3 Å². The molecule has 3 nitrogen and oxygen atoms in total.